The highest BCUT2D eigenvalue weighted by molar-refractivity contribution is 5.95. The van der Waals surface area contributed by atoms with Crippen molar-refractivity contribution >= 4 is 10.9 Å². The van der Waals surface area contributed by atoms with Gasteiger partial charge in [0.2, 0.25) is 0 Å². The highest BCUT2D eigenvalue weighted by atomic mass is 19.1. The number of nitrogens with one attached hydrogen (secondary N) is 1. The van der Waals surface area contributed by atoms with Gasteiger partial charge in [0.25, 0.3) is 0 Å². The van der Waals surface area contributed by atoms with Crippen LogP contribution >= 0.6 is 0 Å². The van der Waals surface area contributed by atoms with Crippen molar-refractivity contribution in [3.8, 4) is 22.6 Å². The van der Waals surface area contributed by atoms with E-state index in [0.29, 0.717) is 18.0 Å². The molecule has 5 rings (SSSR count). The van der Waals surface area contributed by atoms with Gasteiger partial charge in [-0.05, 0) is 61.7 Å². The number of benzene rings is 2. The molecule has 2 aromatic carbocycles. The summed E-state index contributed by atoms with van der Waals surface area (Å²) in [5.41, 5.74) is 3.12. The maximum Gasteiger partial charge on any atom is 0.439 e. The van der Waals surface area contributed by atoms with Crippen molar-refractivity contribution in [3.63, 3.8) is 0 Å². The lowest BCUT2D eigenvalue weighted by molar-refractivity contribution is -0.0365. The fraction of sp³-hybridized carbons (Fsp3) is 0.250. The second-order valence-electron chi connectivity index (χ2n) is 6.80. The van der Waals surface area contributed by atoms with Crippen molar-refractivity contribution in [1.82, 2.24) is 19.9 Å². The number of fused-ring (bicyclic) bond motifs is 1. The first kappa shape index (κ1) is 16.9. The summed E-state index contributed by atoms with van der Waals surface area (Å²) in [5, 5.41) is 9.43. The van der Waals surface area contributed by atoms with Crippen molar-refractivity contribution in [2.24, 2.45) is 0 Å². The Morgan fingerprint density at radius 2 is 1.93 bits per heavy atom. The smallest absolute Gasteiger partial charge is 0.356 e. The molecule has 1 atom stereocenters. The number of H-pyrrole nitrogens is 1. The van der Waals surface area contributed by atoms with Crippen LogP contribution in [0.2, 0.25) is 0 Å². The van der Waals surface area contributed by atoms with Gasteiger partial charge in [-0.25, -0.2) is 13.9 Å². The molecule has 0 spiro atoms. The number of aromatic nitrogens is 4. The molecule has 4 aromatic rings. The van der Waals surface area contributed by atoms with E-state index in [2.05, 4.69) is 14.7 Å². The molecule has 1 N–H and O–H groups in total. The summed E-state index contributed by atoms with van der Waals surface area (Å²) in [6, 6.07) is 11.9. The fourth-order valence-corrected chi connectivity index (χ4v) is 3.60. The van der Waals surface area contributed by atoms with E-state index in [1.807, 2.05) is 22.9 Å². The first-order chi connectivity index (χ1) is 13.7. The molecular formula is C20H17FN4O3. The van der Waals surface area contributed by atoms with E-state index >= 15 is 0 Å². The summed E-state index contributed by atoms with van der Waals surface area (Å²) in [6.45, 7) is 0.705. The second kappa shape index (κ2) is 6.72. The molecule has 1 fully saturated rings. The van der Waals surface area contributed by atoms with Gasteiger partial charge in [-0.1, -0.05) is 5.16 Å². The van der Waals surface area contributed by atoms with Crippen LogP contribution in [0.15, 0.2) is 51.8 Å². The maximum atomic E-state index is 13.4. The largest absolute Gasteiger partial charge is 0.439 e. The molecule has 1 aliphatic heterocycles. The van der Waals surface area contributed by atoms with Gasteiger partial charge in [0.05, 0.1) is 5.52 Å². The standard InChI is InChI=1S/C20H17FN4O3/c21-14-7-4-12(5-8-14)18-15-11-13(19-22-20(26)28-24-19)6-9-16(15)25(23-18)17-3-1-2-10-27-17/h4-9,11,17H,1-3,10H2,(H,22,24,26). The van der Waals surface area contributed by atoms with Crippen LogP contribution in [0.3, 0.4) is 0 Å². The van der Waals surface area contributed by atoms with Crippen molar-refractivity contribution in [1.29, 1.82) is 0 Å². The van der Waals surface area contributed by atoms with E-state index in [0.717, 1.165) is 41.4 Å². The minimum absolute atomic E-state index is 0.136. The van der Waals surface area contributed by atoms with Crippen LogP contribution in [-0.4, -0.2) is 26.5 Å². The lowest BCUT2D eigenvalue weighted by Crippen LogP contribution is -2.19. The fourth-order valence-electron chi connectivity index (χ4n) is 3.60. The Hall–Kier alpha value is -3.26. The van der Waals surface area contributed by atoms with Crippen molar-refractivity contribution < 1.29 is 13.7 Å². The number of halogens is 1. The molecule has 1 saturated heterocycles. The summed E-state index contributed by atoms with van der Waals surface area (Å²) in [4.78, 5) is 13.9. The molecule has 0 amide bonds. The molecule has 2 aromatic heterocycles. The molecule has 8 heteroatoms. The monoisotopic (exact) mass is 380 g/mol. The van der Waals surface area contributed by atoms with Gasteiger partial charge in [0.1, 0.15) is 11.5 Å². The Morgan fingerprint density at radius 1 is 1.11 bits per heavy atom. The van der Waals surface area contributed by atoms with Gasteiger partial charge in [-0.3, -0.25) is 9.51 Å². The van der Waals surface area contributed by atoms with Gasteiger partial charge in [0.15, 0.2) is 12.1 Å². The molecule has 0 saturated carbocycles. The summed E-state index contributed by atoms with van der Waals surface area (Å²) in [6.07, 6.45) is 2.88. The maximum absolute atomic E-state index is 13.4. The summed E-state index contributed by atoms with van der Waals surface area (Å²) in [5.74, 6) is -0.567. The van der Waals surface area contributed by atoms with Crippen LogP contribution in [-0.2, 0) is 4.74 Å². The lowest BCUT2D eigenvalue weighted by Gasteiger charge is -2.23. The van der Waals surface area contributed by atoms with E-state index < -0.39 is 5.76 Å². The zero-order valence-corrected chi connectivity index (χ0v) is 14.9. The normalized spacial score (nSPS) is 17.2. The predicted molar refractivity (Wildman–Crippen MR) is 100 cm³/mol. The zero-order valence-electron chi connectivity index (χ0n) is 14.9. The zero-order chi connectivity index (χ0) is 19.1. The van der Waals surface area contributed by atoms with E-state index in [1.54, 1.807) is 12.1 Å². The van der Waals surface area contributed by atoms with Crippen LogP contribution in [0.4, 0.5) is 4.39 Å². The highest BCUT2D eigenvalue weighted by Gasteiger charge is 2.22. The van der Waals surface area contributed by atoms with Gasteiger partial charge in [-0.2, -0.15) is 5.10 Å². The minimum Gasteiger partial charge on any atom is -0.356 e. The van der Waals surface area contributed by atoms with Crippen LogP contribution in [0.5, 0.6) is 0 Å². The Bertz CT molecular complexity index is 1190. The molecular weight excluding hydrogens is 363 g/mol. The quantitative estimate of drug-likeness (QED) is 0.583. The minimum atomic E-state index is -0.611. The van der Waals surface area contributed by atoms with E-state index in [1.165, 1.54) is 12.1 Å². The average molecular weight is 380 g/mol. The number of aromatic amines is 1. The van der Waals surface area contributed by atoms with Crippen LogP contribution in [0.25, 0.3) is 33.5 Å². The summed E-state index contributed by atoms with van der Waals surface area (Å²) < 4.78 is 25.8. The Morgan fingerprint density at radius 3 is 2.64 bits per heavy atom. The summed E-state index contributed by atoms with van der Waals surface area (Å²) >= 11 is 0. The third-order valence-corrected chi connectivity index (χ3v) is 4.97. The molecule has 7 nitrogen and oxygen atoms in total. The summed E-state index contributed by atoms with van der Waals surface area (Å²) in [7, 11) is 0. The molecule has 0 bridgehead atoms. The molecule has 1 aliphatic rings. The second-order valence-corrected chi connectivity index (χ2v) is 6.80. The number of nitrogens with zero attached hydrogens (tertiary/aromatic N) is 3. The Labute approximate surface area is 158 Å². The lowest BCUT2D eigenvalue weighted by atomic mass is 10.1. The van der Waals surface area contributed by atoms with Gasteiger partial charge < -0.3 is 4.74 Å². The SMILES string of the molecule is O=c1[nH]c(-c2ccc3c(c2)c(-c2ccc(F)cc2)nn3C2CCCCO2)no1. The number of hydrogen-bond acceptors (Lipinski definition) is 5. The van der Waals surface area contributed by atoms with Crippen molar-refractivity contribution in [3.05, 3.63) is 58.8 Å². The van der Waals surface area contributed by atoms with E-state index in [-0.39, 0.29) is 12.0 Å². The first-order valence-corrected chi connectivity index (χ1v) is 9.15. The molecule has 28 heavy (non-hydrogen) atoms. The number of ether oxygens (including phenoxy) is 1. The Kier molecular flexibility index (Phi) is 4.05. The number of rotatable bonds is 3. The number of hydrogen-bond donors (Lipinski definition) is 1. The molecule has 1 unspecified atom stereocenters. The highest BCUT2D eigenvalue weighted by Crippen LogP contribution is 2.34. The molecule has 3 heterocycles. The van der Waals surface area contributed by atoms with Gasteiger partial charge >= 0.3 is 5.76 Å². The van der Waals surface area contributed by atoms with Crippen molar-refractivity contribution in [2.45, 2.75) is 25.5 Å². The third kappa shape index (κ3) is 2.91. The van der Waals surface area contributed by atoms with Crippen molar-refractivity contribution in [2.75, 3.05) is 6.61 Å². The van der Waals surface area contributed by atoms with Gasteiger partial charge in [-0.15, -0.1) is 0 Å². The molecule has 142 valence electrons. The average Bonchev–Trinajstić information content (AvgIpc) is 3.33. The third-order valence-electron chi connectivity index (χ3n) is 4.97. The predicted octanol–water partition coefficient (Wildman–Crippen LogP) is 3.88. The molecule has 0 aliphatic carbocycles. The first-order valence-electron chi connectivity index (χ1n) is 9.15. The van der Waals surface area contributed by atoms with Gasteiger partial charge in [0, 0.05) is 23.1 Å². The molecule has 0 radical (unpaired) electrons. The Balaban J connectivity index is 1.70. The van der Waals surface area contributed by atoms with E-state index in [9.17, 15) is 9.18 Å². The van der Waals surface area contributed by atoms with E-state index in [4.69, 9.17) is 9.84 Å². The topological polar surface area (TPSA) is 85.9 Å². The van der Waals surface area contributed by atoms with Crippen LogP contribution < -0.4 is 5.76 Å². The van der Waals surface area contributed by atoms with Crippen LogP contribution in [0.1, 0.15) is 25.5 Å². The van der Waals surface area contributed by atoms with Crippen LogP contribution in [0, 0.1) is 5.82 Å².